The molecule has 1 spiro atoms. The highest BCUT2D eigenvalue weighted by atomic mass is 16.4. The summed E-state index contributed by atoms with van der Waals surface area (Å²) in [7, 11) is 0. The Morgan fingerprint density at radius 3 is 2.53 bits per heavy atom. The lowest BCUT2D eigenvalue weighted by Crippen LogP contribution is -2.59. The largest absolute Gasteiger partial charge is 0.465 e. The third-order valence-electron chi connectivity index (χ3n) is 3.94. The molecule has 2 heterocycles. The van der Waals surface area contributed by atoms with E-state index >= 15 is 0 Å². The van der Waals surface area contributed by atoms with Gasteiger partial charge in [0.15, 0.2) is 0 Å². The molecule has 2 amide bonds. The molecule has 0 saturated carbocycles. The fourth-order valence-electron chi connectivity index (χ4n) is 3.04. The zero-order chi connectivity index (χ0) is 13.5. The minimum absolute atomic E-state index is 0.133. The quantitative estimate of drug-likeness (QED) is 0.874. The van der Waals surface area contributed by atoms with Gasteiger partial charge in [0.25, 0.3) is 0 Å². The van der Waals surface area contributed by atoms with E-state index in [1.807, 2.05) is 35.2 Å². The molecular formula is C14H16N2O3. The molecule has 1 aromatic carbocycles. The maximum absolute atomic E-state index is 12.0. The number of carbonyl (C=O) groups excluding carboxylic acids is 1. The van der Waals surface area contributed by atoms with Crippen LogP contribution in [0.5, 0.6) is 0 Å². The van der Waals surface area contributed by atoms with Crippen LogP contribution in [0.4, 0.5) is 4.79 Å². The van der Waals surface area contributed by atoms with E-state index in [9.17, 15) is 9.59 Å². The predicted molar refractivity (Wildman–Crippen MR) is 68.5 cm³/mol. The third kappa shape index (κ3) is 2.16. The zero-order valence-corrected chi connectivity index (χ0v) is 10.6. The van der Waals surface area contributed by atoms with Crippen molar-refractivity contribution in [1.29, 1.82) is 0 Å². The van der Waals surface area contributed by atoms with Gasteiger partial charge in [0, 0.05) is 38.0 Å². The van der Waals surface area contributed by atoms with Gasteiger partial charge >= 0.3 is 6.09 Å². The number of hydrogen-bond acceptors (Lipinski definition) is 2. The lowest BCUT2D eigenvalue weighted by Gasteiger charge is -2.45. The third-order valence-corrected chi connectivity index (χ3v) is 3.94. The lowest BCUT2D eigenvalue weighted by atomic mass is 9.79. The van der Waals surface area contributed by atoms with E-state index in [2.05, 4.69) is 0 Å². The fraction of sp³-hybridized carbons (Fsp3) is 0.429. The van der Waals surface area contributed by atoms with Crippen LogP contribution in [0.2, 0.25) is 0 Å². The summed E-state index contributed by atoms with van der Waals surface area (Å²) < 4.78 is 0. The molecule has 3 rings (SSSR count). The molecule has 0 atom stereocenters. The topological polar surface area (TPSA) is 60.9 Å². The fourth-order valence-corrected chi connectivity index (χ4v) is 3.04. The van der Waals surface area contributed by atoms with Crippen LogP contribution >= 0.6 is 0 Å². The van der Waals surface area contributed by atoms with Crippen LogP contribution in [0.25, 0.3) is 0 Å². The van der Waals surface area contributed by atoms with Crippen LogP contribution < -0.4 is 0 Å². The number of rotatable bonds is 2. The molecular weight excluding hydrogens is 244 g/mol. The Kier molecular flexibility index (Phi) is 2.69. The zero-order valence-electron chi connectivity index (χ0n) is 10.6. The first-order chi connectivity index (χ1) is 9.08. The van der Waals surface area contributed by atoms with Crippen LogP contribution in [-0.4, -0.2) is 46.5 Å². The molecule has 0 radical (unpaired) electrons. The first-order valence-corrected chi connectivity index (χ1v) is 6.38. The van der Waals surface area contributed by atoms with E-state index in [1.54, 1.807) is 0 Å². The second-order valence-corrected chi connectivity index (χ2v) is 5.55. The highest BCUT2D eigenvalue weighted by molar-refractivity contribution is 5.80. The summed E-state index contributed by atoms with van der Waals surface area (Å²) in [4.78, 5) is 26.0. The average molecular weight is 260 g/mol. The Morgan fingerprint density at radius 1 is 1.21 bits per heavy atom. The van der Waals surface area contributed by atoms with Crippen molar-refractivity contribution in [3.05, 3.63) is 35.9 Å². The Bertz CT molecular complexity index is 509. The van der Waals surface area contributed by atoms with Crippen molar-refractivity contribution in [2.75, 3.05) is 19.6 Å². The molecule has 5 heteroatoms. The summed E-state index contributed by atoms with van der Waals surface area (Å²) >= 11 is 0. The number of likely N-dealkylation sites (tertiary alicyclic amines) is 2. The molecule has 2 aliphatic rings. The van der Waals surface area contributed by atoms with Crippen molar-refractivity contribution in [2.45, 2.75) is 13.0 Å². The molecule has 2 fully saturated rings. The van der Waals surface area contributed by atoms with E-state index in [-0.39, 0.29) is 11.3 Å². The normalized spacial score (nSPS) is 20.7. The van der Waals surface area contributed by atoms with Crippen molar-refractivity contribution in [1.82, 2.24) is 9.80 Å². The van der Waals surface area contributed by atoms with Gasteiger partial charge in [0.05, 0.1) is 0 Å². The van der Waals surface area contributed by atoms with Gasteiger partial charge in [-0.15, -0.1) is 0 Å². The molecule has 0 aliphatic carbocycles. The van der Waals surface area contributed by atoms with Crippen LogP contribution in [0.15, 0.2) is 30.3 Å². The smallest absolute Gasteiger partial charge is 0.407 e. The summed E-state index contributed by atoms with van der Waals surface area (Å²) in [6, 6.07) is 9.88. The first kappa shape index (κ1) is 12.0. The van der Waals surface area contributed by atoms with Gasteiger partial charge in [-0.25, -0.2) is 4.79 Å². The Labute approximate surface area is 111 Å². The number of amides is 2. The minimum Gasteiger partial charge on any atom is -0.465 e. The van der Waals surface area contributed by atoms with Gasteiger partial charge in [0.1, 0.15) is 0 Å². The van der Waals surface area contributed by atoms with Crippen molar-refractivity contribution >= 4 is 12.0 Å². The predicted octanol–water partition coefficient (Wildman–Crippen LogP) is 1.40. The maximum atomic E-state index is 12.0. The van der Waals surface area contributed by atoms with Gasteiger partial charge in [-0.2, -0.15) is 0 Å². The van der Waals surface area contributed by atoms with Crippen LogP contribution in [-0.2, 0) is 11.3 Å². The summed E-state index contributed by atoms with van der Waals surface area (Å²) in [6.07, 6.45) is -0.413. The summed E-state index contributed by atoms with van der Waals surface area (Å²) in [5.41, 5.74) is 0.979. The molecule has 5 nitrogen and oxygen atoms in total. The molecule has 2 aliphatic heterocycles. The molecule has 19 heavy (non-hydrogen) atoms. The van der Waals surface area contributed by atoms with Gasteiger partial charge in [-0.1, -0.05) is 30.3 Å². The number of hydrogen-bond donors (Lipinski definition) is 1. The molecule has 0 aromatic heterocycles. The van der Waals surface area contributed by atoms with Crippen LogP contribution in [0.3, 0.4) is 0 Å². The molecule has 2 saturated heterocycles. The van der Waals surface area contributed by atoms with Crippen molar-refractivity contribution in [3.63, 3.8) is 0 Å². The van der Waals surface area contributed by atoms with Gasteiger partial charge < -0.3 is 14.9 Å². The SMILES string of the molecule is O=C(O)N1CC2(CC(=O)N(Cc3ccccc3)C2)C1. The standard InChI is InChI=1S/C14H16N2O3/c17-12-6-14(9-16(10-14)13(18)19)8-15(12)7-11-4-2-1-3-5-11/h1-5H,6-10H2,(H,18,19). The summed E-state index contributed by atoms with van der Waals surface area (Å²) in [6.45, 7) is 2.26. The molecule has 1 aromatic rings. The van der Waals surface area contributed by atoms with E-state index in [0.29, 0.717) is 32.6 Å². The molecule has 1 N–H and O–H groups in total. The Morgan fingerprint density at radius 2 is 1.89 bits per heavy atom. The van der Waals surface area contributed by atoms with Gasteiger partial charge in [-0.05, 0) is 5.56 Å². The van der Waals surface area contributed by atoms with Crippen LogP contribution in [0.1, 0.15) is 12.0 Å². The molecule has 0 bridgehead atoms. The number of nitrogens with zero attached hydrogens (tertiary/aromatic N) is 2. The van der Waals surface area contributed by atoms with E-state index in [4.69, 9.17) is 5.11 Å². The van der Waals surface area contributed by atoms with Crippen molar-refractivity contribution < 1.29 is 14.7 Å². The van der Waals surface area contributed by atoms with E-state index in [1.165, 1.54) is 4.90 Å². The average Bonchev–Trinajstić information content (AvgIpc) is 2.66. The van der Waals surface area contributed by atoms with Crippen molar-refractivity contribution in [2.24, 2.45) is 5.41 Å². The summed E-state index contributed by atoms with van der Waals surface area (Å²) in [5.74, 6) is 0.133. The van der Waals surface area contributed by atoms with Gasteiger partial charge in [0.2, 0.25) is 5.91 Å². The molecule has 0 unspecified atom stereocenters. The second kappa shape index (κ2) is 4.26. The number of benzene rings is 1. The lowest BCUT2D eigenvalue weighted by molar-refractivity contribution is -0.128. The van der Waals surface area contributed by atoms with Crippen LogP contribution in [0, 0.1) is 5.41 Å². The monoisotopic (exact) mass is 260 g/mol. The minimum atomic E-state index is -0.889. The van der Waals surface area contributed by atoms with E-state index < -0.39 is 6.09 Å². The van der Waals surface area contributed by atoms with E-state index in [0.717, 1.165) is 5.56 Å². The second-order valence-electron chi connectivity index (χ2n) is 5.55. The Hall–Kier alpha value is -2.04. The highest BCUT2D eigenvalue weighted by Gasteiger charge is 2.52. The summed E-state index contributed by atoms with van der Waals surface area (Å²) in [5, 5.41) is 8.87. The van der Waals surface area contributed by atoms with Crippen molar-refractivity contribution in [3.8, 4) is 0 Å². The first-order valence-electron chi connectivity index (χ1n) is 6.38. The number of carbonyl (C=O) groups is 2. The molecule has 100 valence electrons. The highest BCUT2D eigenvalue weighted by Crippen LogP contribution is 2.40. The Balaban J connectivity index is 1.64. The number of carboxylic acid groups (broad SMARTS) is 1. The maximum Gasteiger partial charge on any atom is 0.407 e. The van der Waals surface area contributed by atoms with Gasteiger partial charge in [-0.3, -0.25) is 4.79 Å².